The number of halogens is 3. The fourth-order valence-electron chi connectivity index (χ4n) is 2.05. The Bertz CT molecular complexity index is 459. The van der Waals surface area contributed by atoms with Gasteiger partial charge in [0.1, 0.15) is 0 Å². The van der Waals surface area contributed by atoms with Gasteiger partial charge in [0.2, 0.25) is 0 Å². The summed E-state index contributed by atoms with van der Waals surface area (Å²) in [4.78, 5) is 12.1. The number of rotatable bonds is 1. The molecular weight excluding hydrogens is 261 g/mol. The second-order valence-corrected chi connectivity index (χ2v) is 4.36. The molecule has 0 radical (unpaired) electrons. The molecule has 104 valence electrons. The number of benzene rings is 1. The van der Waals surface area contributed by atoms with Crippen molar-refractivity contribution >= 4 is 6.09 Å². The fraction of sp³-hybridized carbons (Fsp3) is 0.417. The first kappa shape index (κ1) is 13.7. The highest BCUT2D eigenvalue weighted by molar-refractivity contribution is 5.65. The van der Waals surface area contributed by atoms with Gasteiger partial charge < -0.3 is 15.3 Å². The summed E-state index contributed by atoms with van der Waals surface area (Å²) in [6.07, 6.45) is -5.37. The molecule has 1 fully saturated rings. The molecule has 1 unspecified atom stereocenters. The van der Waals surface area contributed by atoms with Crippen LogP contribution in [0.15, 0.2) is 24.3 Å². The van der Waals surface area contributed by atoms with E-state index >= 15 is 0 Å². The molecule has 1 amide bonds. The van der Waals surface area contributed by atoms with Gasteiger partial charge in [0.25, 0.3) is 0 Å². The maximum Gasteiger partial charge on any atom is 0.416 e. The SMILES string of the molecule is O=C(O)N1CCNC(c2ccc(C(F)(F)F)cc2)C1. The van der Waals surface area contributed by atoms with Crippen LogP contribution in [0.3, 0.4) is 0 Å². The van der Waals surface area contributed by atoms with Crippen molar-refractivity contribution in [2.45, 2.75) is 12.2 Å². The summed E-state index contributed by atoms with van der Waals surface area (Å²) in [7, 11) is 0. The third kappa shape index (κ3) is 3.17. The zero-order valence-electron chi connectivity index (χ0n) is 9.94. The van der Waals surface area contributed by atoms with Crippen molar-refractivity contribution in [3.05, 3.63) is 35.4 Å². The lowest BCUT2D eigenvalue weighted by Gasteiger charge is -2.32. The van der Waals surface area contributed by atoms with Gasteiger partial charge in [-0.2, -0.15) is 13.2 Å². The Morgan fingerprint density at radius 2 is 1.95 bits per heavy atom. The van der Waals surface area contributed by atoms with E-state index in [0.717, 1.165) is 12.1 Å². The molecule has 0 spiro atoms. The zero-order valence-corrected chi connectivity index (χ0v) is 9.94. The van der Waals surface area contributed by atoms with Gasteiger partial charge in [-0.25, -0.2) is 4.79 Å². The smallest absolute Gasteiger partial charge is 0.416 e. The Morgan fingerprint density at radius 1 is 1.32 bits per heavy atom. The maximum absolute atomic E-state index is 12.4. The number of hydrogen-bond donors (Lipinski definition) is 2. The molecule has 1 saturated heterocycles. The predicted molar refractivity (Wildman–Crippen MR) is 61.8 cm³/mol. The lowest BCUT2D eigenvalue weighted by Crippen LogP contribution is -2.47. The van der Waals surface area contributed by atoms with Gasteiger partial charge in [0.15, 0.2) is 0 Å². The van der Waals surface area contributed by atoms with Crippen LogP contribution in [0.4, 0.5) is 18.0 Å². The first-order valence-corrected chi connectivity index (χ1v) is 5.76. The molecule has 1 aromatic carbocycles. The van der Waals surface area contributed by atoms with Gasteiger partial charge in [-0.15, -0.1) is 0 Å². The molecule has 1 aromatic rings. The first-order chi connectivity index (χ1) is 8.88. The zero-order chi connectivity index (χ0) is 14.0. The Labute approximate surface area is 107 Å². The highest BCUT2D eigenvalue weighted by Crippen LogP contribution is 2.30. The van der Waals surface area contributed by atoms with Crippen LogP contribution in [0.25, 0.3) is 0 Å². The van der Waals surface area contributed by atoms with Crippen molar-refractivity contribution in [2.24, 2.45) is 0 Å². The number of hydrogen-bond acceptors (Lipinski definition) is 2. The summed E-state index contributed by atoms with van der Waals surface area (Å²) in [5, 5.41) is 12.0. The Balaban J connectivity index is 2.12. The van der Waals surface area contributed by atoms with E-state index in [4.69, 9.17) is 5.11 Å². The molecule has 0 aromatic heterocycles. The Hall–Kier alpha value is -1.76. The van der Waals surface area contributed by atoms with E-state index in [9.17, 15) is 18.0 Å². The van der Waals surface area contributed by atoms with E-state index in [1.165, 1.54) is 17.0 Å². The molecule has 1 atom stereocenters. The molecule has 1 aliphatic heterocycles. The highest BCUT2D eigenvalue weighted by atomic mass is 19.4. The molecule has 1 heterocycles. The van der Waals surface area contributed by atoms with Crippen LogP contribution in [0.1, 0.15) is 17.2 Å². The van der Waals surface area contributed by atoms with Crippen molar-refractivity contribution < 1.29 is 23.1 Å². The van der Waals surface area contributed by atoms with Crippen LogP contribution in [-0.2, 0) is 6.18 Å². The number of nitrogens with zero attached hydrogens (tertiary/aromatic N) is 1. The van der Waals surface area contributed by atoms with Gasteiger partial charge >= 0.3 is 12.3 Å². The lowest BCUT2D eigenvalue weighted by atomic mass is 10.0. The van der Waals surface area contributed by atoms with Crippen LogP contribution in [0, 0.1) is 0 Å². The summed E-state index contributed by atoms with van der Waals surface area (Å²) >= 11 is 0. The van der Waals surface area contributed by atoms with E-state index < -0.39 is 17.8 Å². The minimum Gasteiger partial charge on any atom is -0.465 e. The summed E-state index contributed by atoms with van der Waals surface area (Å²) in [5.74, 6) is 0. The number of carboxylic acid groups (broad SMARTS) is 1. The van der Waals surface area contributed by atoms with Gasteiger partial charge in [0.05, 0.1) is 11.6 Å². The molecule has 2 rings (SSSR count). The molecule has 7 heteroatoms. The molecule has 2 N–H and O–H groups in total. The van der Waals surface area contributed by atoms with Crippen LogP contribution in [0.2, 0.25) is 0 Å². The van der Waals surface area contributed by atoms with E-state index in [0.29, 0.717) is 18.7 Å². The second-order valence-electron chi connectivity index (χ2n) is 4.36. The van der Waals surface area contributed by atoms with Crippen molar-refractivity contribution in [1.82, 2.24) is 10.2 Å². The van der Waals surface area contributed by atoms with Crippen LogP contribution in [0.5, 0.6) is 0 Å². The highest BCUT2D eigenvalue weighted by Gasteiger charge is 2.30. The Morgan fingerprint density at radius 3 is 2.47 bits per heavy atom. The normalized spacial score (nSPS) is 20.4. The second kappa shape index (κ2) is 5.08. The standard InChI is InChI=1S/C12H13F3N2O2/c13-12(14,15)9-3-1-8(2-4-9)10-7-17(11(18)19)6-5-16-10/h1-4,10,16H,5-7H2,(H,18,19). The summed E-state index contributed by atoms with van der Waals surface area (Å²) < 4.78 is 37.3. The lowest BCUT2D eigenvalue weighted by molar-refractivity contribution is -0.137. The average molecular weight is 274 g/mol. The van der Waals surface area contributed by atoms with Gasteiger partial charge in [0, 0.05) is 19.6 Å². The van der Waals surface area contributed by atoms with E-state index in [-0.39, 0.29) is 12.6 Å². The fourth-order valence-corrected chi connectivity index (χ4v) is 2.05. The predicted octanol–water partition coefficient (Wildman–Crippen LogP) is 2.33. The van der Waals surface area contributed by atoms with Crippen molar-refractivity contribution in [3.63, 3.8) is 0 Å². The summed E-state index contributed by atoms with van der Waals surface area (Å²) in [6, 6.07) is 4.51. The van der Waals surface area contributed by atoms with E-state index in [2.05, 4.69) is 5.32 Å². The quantitative estimate of drug-likeness (QED) is 0.826. The molecule has 4 nitrogen and oxygen atoms in total. The molecule has 19 heavy (non-hydrogen) atoms. The largest absolute Gasteiger partial charge is 0.465 e. The van der Waals surface area contributed by atoms with Gasteiger partial charge in [-0.3, -0.25) is 0 Å². The van der Waals surface area contributed by atoms with Crippen LogP contribution in [-0.4, -0.2) is 35.7 Å². The van der Waals surface area contributed by atoms with Crippen molar-refractivity contribution in [2.75, 3.05) is 19.6 Å². The molecule has 0 aliphatic carbocycles. The minimum absolute atomic E-state index is 0.237. The number of carbonyl (C=O) groups is 1. The molecule has 0 bridgehead atoms. The molecule has 0 saturated carbocycles. The number of amides is 1. The number of piperazine rings is 1. The van der Waals surface area contributed by atoms with Crippen LogP contribution < -0.4 is 5.32 Å². The van der Waals surface area contributed by atoms with E-state index in [1.807, 2.05) is 0 Å². The monoisotopic (exact) mass is 274 g/mol. The Kier molecular flexibility index (Phi) is 3.66. The molecule has 1 aliphatic rings. The van der Waals surface area contributed by atoms with Crippen molar-refractivity contribution in [1.29, 1.82) is 0 Å². The topological polar surface area (TPSA) is 52.6 Å². The average Bonchev–Trinajstić information content (AvgIpc) is 2.38. The third-order valence-electron chi connectivity index (χ3n) is 3.09. The van der Waals surface area contributed by atoms with Gasteiger partial charge in [-0.1, -0.05) is 12.1 Å². The first-order valence-electron chi connectivity index (χ1n) is 5.76. The maximum atomic E-state index is 12.4. The van der Waals surface area contributed by atoms with Crippen LogP contribution >= 0.6 is 0 Å². The molecular formula is C12H13F3N2O2. The number of nitrogens with one attached hydrogen (secondary N) is 1. The summed E-state index contributed by atoms with van der Waals surface area (Å²) in [6.45, 7) is 1.10. The summed E-state index contributed by atoms with van der Waals surface area (Å²) in [5.41, 5.74) is -0.0545. The minimum atomic E-state index is -4.36. The third-order valence-corrected chi connectivity index (χ3v) is 3.09. The van der Waals surface area contributed by atoms with Crippen molar-refractivity contribution in [3.8, 4) is 0 Å². The van der Waals surface area contributed by atoms with E-state index in [1.54, 1.807) is 0 Å². The number of alkyl halides is 3. The van der Waals surface area contributed by atoms with Gasteiger partial charge in [-0.05, 0) is 17.7 Å².